The van der Waals surface area contributed by atoms with Crippen LogP contribution in [-0.4, -0.2) is 40.5 Å². The second kappa shape index (κ2) is 8.30. The van der Waals surface area contributed by atoms with Crippen molar-refractivity contribution in [2.75, 3.05) is 19.8 Å². The van der Waals surface area contributed by atoms with Crippen LogP contribution in [0.5, 0.6) is 0 Å². The summed E-state index contributed by atoms with van der Waals surface area (Å²) in [7, 11) is 0. The molecule has 5 heteroatoms. The third-order valence-corrected chi connectivity index (χ3v) is 4.70. The summed E-state index contributed by atoms with van der Waals surface area (Å²) in [6.07, 6.45) is 5.20. The highest BCUT2D eigenvalue weighted by Gasteiger charge is 2.31. The third-order valence-electron chi connectivity index (χ3n) is 4.70. The van der Waals surface area contributed by atoms with E-state index in [1.807, 2.05) is 18.0 Å². The van der Waals surface area contributed by atoms with Crippen LogP contribution < -0.4 is 0 Å². The fourth-order valence-electron chi connectivity index (χ4n) is 3.43. The summed E-state index contributed by atoms with van der Waals surface area (Å²) in [5.41, 5.74) is 3.36. The quantitative estimate of drug-likeness (QED) is 0.778. The topological polar surface area (TPSA) is 58.2 Å². The molecule has 1 saturated heterocycles. The number of nitrogens with zero attached hydrogens (tertiary/aromatic N) is 2. The number of hydrogen-bond donors (Lipinski definition) is 1. The molecule has 0 unspecified atom stereocenters. The van der Waals surface area contributed by atoms with Crippen LogP contribution in [0.1, 0.15) is 50.0 Å². The standard InChI is InChI=1S/C20H27N3O2/c1-3-25-12-6-10-19(24)23-11-5-9-18(23)20-21-14-17(22-20)16-8-4-7-15(2)13-16/h4,7-8,13-14,18H,3,5-6,9-12H2,1-2H3,(H,21,22)/t18-/m1/s1. The Morgan fingerprint density at radius 3 is 3.12 bits per heavy atom. The number of aromatic amines is 1. The van der Waals surface area contributed by atoms with Gasteiger partial charge >= 0.3 is 0 Å². The zero-order valence-electron chi connectivity index (χ0n) is 15.1. The molecule has 5 nitrogen and oxygen atoms in total. The van der Waals surface area contributed by atoms with E-state index in [1.54, 1.807) is 0 Å². The molecule has 2 aromatic rings. The van der Waals surface area contributed by atoms with E-state index >= 15 is 0 Å². The number of nitrogens with one attached hydrogen (secondary N) is 1. The van der Waals surface area contributed by atoms with Gasteiger partial charge in [0, 0.05) is 26.2 Å². The SMILES string of the molecule is CCOCCCC(=O)N1CCC[C@@H]1c1ncc(-c2cccc(C)c2)[nH]1. The van der Waals surface area contributed by atoms with Crippen LogP contribution in [0.2, 0.25) is 0 Å². The van der Waals surface area contributed by atoms with E-state index in [0.717, 1.165) is 42.9 Å². The molecule has 2 heterocycles. The summed E-state index contributed by atoms with van der Waals surface area (Å²) in [6.45, 7) is 6.23. The van der Waals surface area contributed by atoms with Crippen LogP contribution in [0.4, 0.5) is 0 Å². The lowest BCUT2D eigenvalue weighted by Crippen LogP contribution is -2.31. The van der Waals surface area contributed by atoms with Gasteiger partial charge in [0.25, 0.3) is 0 Å². The summed E-state index contributed by atoms with van der Waals surface area (Å²) < 4.78 is 5.33. The molecule has 0 radical (unpaired) electrons. The van der Waals surface area contributed by atoms with Crippen molar-refractivity contribution in [3.05, 3.63) is 41.9 Å². The van der Waals surface area contributed by atoms with Gasteiger partial charge in [-0.15, -0.1) is 0 Å². The molecule has 1 aromatic heterocycles. The van der Waals surface area contributed by atoms with Crippen molar-refractivity contribution in [1.29, 1.82) is 0 Å². The highest BCUT2D eigenvalue weighted by atomic mass is 16.5. The first-order valence-electron chi connectivity index (χ1n) is 9.18. The first-order chi connectivity index (χ1) is 12.2. The summed E-state index contributed by atoms with van der Waals surface area (Å²) >= 11 is 0. The molecule has 3 rings (SSSR count). The largest absolute Gasteiger partial charge is 0.382 e. The molecular weight excluding hydrogens is 314 g/mol. The van der Waals surface area contributed by atoms with E-state index in [1.165, 1.54) is 5.56 Å². The Balaban J connectivity index is 1.67. The molecule has 1 aliphatic heterocycles. The molecule has 1 atom stereocenters. The number of ether oxygens (including phenoxy) is 1. The van der Waals surface area contributed by atoms with E-state index in [0.29, 0.717) is 19.6 Å². The van der Waals surface area contributed by atoms with Gasteiger partial charge < -0.3 is 14.6 Å². The van der Waals surface area contributed by atoms with Crippen LogP contribution in [0.3, 0.4) is 0 Å². The lowest BCUT2D eigenvalue weighted by Gasteiger charge is -2.23. The fourth-order valence-corrected chi connectivity index (χ4v) is 3.43. The number of H-pyrrole nitrogens is 1. The molecule has 1 amide bonds. The number of carbonyl (C=O) groups is 1. The Hall–Kier alpha value is -2.14. The number of aromatic nitrogens is 2. The predicted molar refractivity (Wildman–Crippen MR) is 98.2 cm³/mol. The normalized spacial score (nSPS) is 17.2. The Labute approximate surface area is 149 Å². The maximum absolute atomic E-state index is 12.5. The summed E-state index contributed by atoms with van der Waals surface area (Å²) in [6, 6.07) is 8.42. The average molecular weight is 341 g/mol. The average Bonchev–Trinajstić information content (AvgIpc) is 3.27. The van der Waals surface area contributed by atoms with Gasteiger partial charge in [0.2, 0.25) is 5.91 Å². The van der Waals surface area contributed by atoms with E-state index < -0.39 is 0 Å². The third kappa shape index (κ3) is 4.28. The minimum Gasteiger partial charge on any atom is -0.382 e. The van der Waals surface area contributed by atoms with Crippen molar-refractivity contribution in [2.24, 2.45) is 0 Å². The fraction of sp³-hybridized carbons (Fsp3) is 0.500. The summed E-state index contributed by atoms with van der Waals surface area (Å²) in [5, 5.41) is 0. The van der Waals surface area contributed by atoms with Crippen LogP contribution in [-0.2, 0) is 9.53 Å². The van der Waals surface area contributed by atoms with E-state index in [9.17, 15) is 4.79 Å². The molecule has 1 aromatic carbocycles. The molecule has 0 saturated carbocycles. The van der Waals surface area contributed by atoms with Gasteiger partial charge in [-0.05, 0) is 44.7 Å². The highest BCUT2D eigenvalue weighted by Crippen LogP contribution is 2.32. The smallest absolute Gasteiger partial charge is 0.223 e. The van der Waals surface area contributed by atoms with Crippen LogP contribution in [0.25, 0.3) is 11.3 Å². The van der Waals surface area contributed by atoms with Crippen LogP contribution in [0, 0.1) is 6.92 Å². The molecule has 25 heavy (non-hydrogen) atoms. The van der Waals surface area contributed by atoms with Crippen molar-refractivity contribution >= 4 is 5.91 Å². The van der Waals surface area contributed by atoms with Gasteiger partial charge in [-0.2, -0.15) is 0 Å². The monoisotopic (exact) mass is 341 g/mol. The van der Waals surface area contributed by atoms with Crippen molar-refractivity contribution in [1.82, 2.24) is 14.9 Å². The minimum absolute atomic E-state index is 0.0677. The number of carbonyl (C=O) groups excluding carboxylic acids is 1. The van der Waals surface area contributed by atoms with Gasteiger partial charge in [-0.1, -0.05) is 23.8 Å². The molecule has 1 N–H and O–H groups in total. The molecule has 134 valence electrons. The number of hydrogen-bond acceptors (Lipinski definition) is 3. The van der Waals surface area contributed by atoms with Gasteiger partial charge in [0.05, 0.1) is 17.9 Å². The van der Waals surface area contributed by atoms with Crippen LogP contribution in [0.15, 0.2) is 30.5 Å². The Morgan fingerprint density at radius 2 is 2.32 bits per heavy atom. The van der Waals surface area contributed by atoms with Crippen molar-refractivity contribution < 1.29 is 9.53 Å². The molecule has 1 fully saturated rings. The summed E-state index contributed by atoms with van der Waals surface area (Å²) in [5.74, 6) is 1.10. The summed E-state index contributed by atoms with van der Waals surface area (Å²) in [4.78, 5) is 22.5. The molecule has 0 bridgehead atoms. The number of imidazole rings is 1. The lowest BCUT2D eigenvalue weighted by molar-refractivity contribution is -0.132. The Morgan fingerprint density at radius 1 is 1.44 bits per heavy atom. The van der Waals surface area contributed by atoms with Crippen molar-refractivity contribution in [2.45, 2.75) is 45.6 Å². The van der Waals surface area contributed by atoms with Gasteiger partial charge in [-0.3, -0.25) is 4.79 Å². The second-order valence-corrected chi connectivity index (χ2v) is 6.60. The van der Waals surface area contributed by atoms with Gasteiger partial charge in [0.1, 0.15) is 5.82 Å². The molecule has 1 aliphatic rings. The zero-order chi connectivity index (χ0) is 17.6. The van der Waals surface area contributed by atoms with Gasteiger partial charge in [0.15, 0.2) is 0 Å². The Bertz CT molecular complexity index is 710. The first-order valence-corrected chi connectivity index (χ1v) is 9.18. The number of aryl methyl sites for hydroxylation is 1. The van der Waals surface area contributed by atoms with E-state index in [2.05, 4.69) is 41.2 Å². The highest BCUT2D eigenvalue weighted by molar-refractivity contribution is 5.77. The van der Waals surface area contributed by atoms with Crippen LogP contribution >= 0.6 is 0 Å². The number of likely N-dealkylation sites (tertiary alicyclic amines) is 1. The number of benzene rings is 1. The predicted octanol–water partition coefficient (Wildman–Crippen LogP) is 3.87. The maximum Gasteiger partial charge on any atom is 0.223 e. The zero-order valence-corrected chi connectivity index (χ0v) is 15.1. The number of amides is 1. The maximum atomic E-state index is 12.5. The first kappa shape index (κ1) is 17.7. The molecule has 0 spiro atoms. The minimum atomic E-state index is 0.0677. The molecule has 0 aliphatic carbocycles. The molecular formula is C20H27N3O2. The lowest BCUT2D eigenvalue weighted by atomic mass is 10.1. The van der Waals surface area contributed by atoms with E-state index in [-0.39, 0.29) is 11.9 Å². The van der Waals surface area contributed by atoms with E-state index in [4.69, 9.17) is 4.74 Å². The van der Waals surface area contributed by atoms with Crippen molar-refractivity contribution in [3.8, 4) is 11.3 Å². The number of rotatable bonds is 7. The van der Waals surface area contributed by atoms with Crippen molar-refractivity contribution in [3.63, 3.8) is 0 Å². The Kier molecular flexibility index (Phi) is 5.87. The van der Waals surface area contributed by atoms with Gasteiger partial charge in [-0.25, -0.2) is 4.98 Å². The second-order valence-electron chi connectivity index (χ2n) is 6.60.